The molecule has 14 heavy (non-hydrogen) atoms. The van der Waals surface area contributed by atoms with E-state index in [2.05, 4.69) is 0 Å². The number of ether oxygens (including phenoxy) is 2. The van der Waals surface area contributed by atoms with Gasteiger partial charge in [-0.2, -0.15) is 5.11 Å². The Morgan fingerprint density at radius 1 is 1.29 bits per heavy atom. The van der Waals surface area contributed by atoms with Gasteiger partial charge in [-0.3, -0.25) is 0 Å². The summed E-state index contributed by atoms with van der Waals surface area (Å²) in [5.74, 6) is 0.545. The molecule has 0 spiro atoms. The summed E-state index contributed by atoms with van der Waals surface area (Å²) in [5.41, 5.74) is 0. The lowest BCUT2D eigenvalue weighted by molar-refractivity contribution is -0.249. The maximum absolute atomic E-state index is 11.1. The van der Waals surface area contributed by atoms with E-state index in [1.165, 1.54) is 0 Å². The van der Waals surface area contributed by atoms with Crippen LogP contribution in [0, 0.1) is 0 Å². The lowest BCUT2D eigenvalue weighted by Crippen LogP contribution is -2.18. The largest absolute Gasteiger partial charge is 0.440 e. The van der Waals surface area contributed by atoms with Gasteiger partial charge in [0.1, 0.15) is 5.75 Å². The molecule has 1 aromatic rings. The van der Waals surface area contributed by atoms with Crippen LogP contribution in [0.5, 0.6) is 5.75 Å². The van der Waals surface area contributed by atoms with E-state index in [4.69, 9.17) is 9.47 Å². The van der Waals surface area contributed by atoms with Crippen molar-refractivity contribution in [2.75, 3.05) is 6.61 Å². The summed E-state index contributed by atoms with van der Waals surface area (Å²) in [6.07, 6.45) is 1.90. The standard InChI is InChI=1S/C11H15O3/c1-2-3-9-13-11(12)14-10-7-5-4-6-8-10/h4-8,11H,2-3,9H2,1H3. The Hall–Kier alpha value is -1.06. The highest BCUT2D eigenvalue weighted by atomic mass is 16.8. The molecule has 0 saturated heterocycles. The van der Waals surface area contributed by atoms with Crippen LogP contribution >= 0.6 is 0 Å². The van der Waals surface area contributed by atoms with Crippen molar-refractivity contribution in [2.45, 2.75) is 26.2 Å². The van der Waals surface area contributed by atoms with E-state index in [9.17, 15) is 5.11 Å². The lowest BCUT2D eigenvalue weighted by atomic mass is 10.3. The second-order valence-electron chi connectivity index (χ2n) is 2.94. The van der Waals surface area contributed by atoms with Gasteiger partial charge in [-0.05, 0) is 18.6 Å². The number of para-hydroxylation sites is 1. The Balaban J connectivity index is 2.23. The maximum Gasteiger partial charge on any atom is 0.344 e. The molecule has 1 atom stereocenters. The van der Waals surface area contributed by atoms with Crippen LogP contribution in [0.2, 0.25) is 0 Å². The minimum absolute atomic E-state index is 0.456. The average Bonchev–Trinajstić information content (AvgIpc) is 2.20. The van der Waals surface area contributed by atoms with Crippen molar-refractivity contribution in [3.05, 3.63) is 30.3 Å². The molecule has 0 aliphatic heterocycles. The van der Waals surface area contributed by atoms with Gasteiger partial charge < -0.3 is 9.47 Å². The minimum atomic E-state index is -1.41. The van der Waals surface area contributed by atoms with Gasteiger partial charge in [0.15, 0.2) is 0 Å². The van der Waals surface area contributed by atoms with E-state index in [1.807, 2.05) is 25.1 Å². The summed E-state index contributed by atoms with van der Waals surface area (Å²) in [7, 11) is 0. The molecule has 1 rings (SSSR count). The van der Waals surface area contributed by atoms with Crippen molar-refractivity contribution in [1.29, 1.82) is 0 Å². The van der Waals surface area contributed by atoms with E-state index < -0.39 is 6.48 Å². The van der Waals surface area contributed by atoms with E-state index >= 15 is 0 Å². The summed E-state index contributed by atoms with van der Waals surface area (Å²) in [6, 6.07) is 8.95. The molecular weight excluding hydrogens is 180 g/mol. The average molecular weight is 195 g/mol. The van der Waals surface area contributed by atoms with Crippen molar-refractivity contribution < 1.29 is 14.6 Å². The second-order valence-corrected chi connectivity index (χ2v) is 2.94. The summed E-state index contributed by atoms with van der Waals surface area (Å²) < 4.78 is 9.89. The fourth-order valence-corrected chi connectivity index (χ4v) is 0.968. The normalized spacial score (nSPS) is 12.4. The van der Waals surface area contributed by atoms with Crippen molar-refractivity contribution in [2.24, 2.45) is 0 Å². The predicted octanol–water partition coefficient (Wildman–Crippen LogP) is 2.60. The highest BCUT2D eigenvalue weighted by molar-refractivity contribution is 5.20. The van der Waals surface area contributed by atoms with Crippen LogP contribution in [0.25, 0.3) is 0 Å². The summed E-state index contributed by atoms with van der Waals surface area (Å²) >= 11 is 0. The molecule has 1 aromatic carbocycles. The Morgan fingerprint density at radius 3 is 2.64 bits per heavy atom. The molecule has 0 N–H and O–H groups in total. The second kappa shape index (κ2) is 6.40. The van der Waals surface area contributed by atoms with E-state index in [0.29, 0.717) is 12.4 Å². The van der Waals surface area contributed by atoms with Crippen molar-refractivity contribution in [3.8, 4) is 5.75 Å². The molecule has 0 bridgehead atoms. The minimum Gasteiger partial charge on any atom is -0.440 e. The molecule has 1 radical (unpaired) electrons. The zero-order valence-corrected chi connectivity index (χ0v) is 8.31. The van der Waals surface area contributed by atoms with E-state index in [1.54, 1.807) is 12.1 Å². The Labute approximate surface area is 84.3 Å². The first-order valence-electron chi connectivity index (χ1n) is 4.82. The topological polar surface area (TPSA) is 38.4 Å². The van der Waals surface area contributed by atoms with Gasteiger partial charge in [-0.15, -0.1) is 0 Å². The first-order valence-corrected chi connectivity index (χ1v) is 4.82. The fraction of sp³-hybridized carbons (Fsp3) is 0.455. The highest BCUT2D eigenvalue weighted by Crippen LogP contribution is 2.10. The fourth-order valence-electron chi connectivity index (χ4n) is 0.968. The maximum atomic E-state index is 11.1. The number of unbranched alkanes of at least 4 members (excludes halogenated alkanes) is 1. The van der Waals surface area contributed by atoms with Crippen LogP contribution in [-0.4, -0.2) is 13.1 Å². The molecule has 0 heterocycles. The van der Waals surface area contributed by atoms with Crippen LogP contribution in [-0.2, 0) is 9.84 Å². The van der Waals surface area contributed by atoms with Gasteiger partial charge >= 0.3 is 6.48 Å². The summed E-state index contributed by atoms with van der Waals surface area (Å²) in [5, 5.41) is 11.1. The number of benzene rings is 1. The zero-order valence-electron chi connectivity index (χ0n) is 8.31. The molecule has 1 unspecified atom stereocenters. The van der Waals surface area contributed by atoms with E-state index in [0.717, 1.165) is 12.8 Å². The molecular formula is C11H15O3. The third-order valence-corrected chi connectivity index (χ3v) is 1.73. The monoisotopic (exact) mass is 195 g/mol. The smallest absolute Gasteiger partial charge is 0.344 e. The van der Waals surface area contributed by atoms with Gasteiger partial charge in [-0.1, -0.05) is 31.5 Å². The van der Waals surface area contributed by atoms with Crippen LogP contribution in [0.1, 0.15) is 19.8 Å². The molecule has 0 aromatic heterocycles. The third kappa shape index (κ3) is 4.25. The first kappa shape index (κ1) is 11.0. The molecule has 3 nitrogen and oxygen atoms in total. The summed E-state index contributed by atoms with van der Waals surface area (Å²) in [6.45, 7) is 1.09. The van der Waals surface area contributed by atoms with Crippen LogP contribution < -0.4 is 4.74 Å². The van der Waals surface area contributed by atoms with Crippen molar-refractivity contribution in [1.82, 2.24) is 0 Å². The summed E-state index contributed by atoms with van der Waals surface area (Å²) in [4.78, 5) is 0. The van der Waals surface area contributed by atoms with Gasteiger partial charge in [0, 0.05) is 0 Å². The van der Waals surface area contributed by atoms with E-state index in [-0.39, 0.29) is 0 Å². The van der Waals surface area contributed by atoms with Crippen molar-refractivity contribution >= 4 is 0 Å². The molecule has 0 fully saturated rings. The van der Waals surface area contributed by atoms with Crippen LogP contribution in [0.3, 0.4) is 0 Å². The Kier molecular flexibility index (Phi) is 5.04. The van der Waals surface area contributed by atoms with Gasteiger partial charge in [-0.25, -0.2) is 0 Å². The number of rotatable bonds is 6. The number of hydrogen-bond acceptors (Lipinski definition) is 2. The predicted molar refractivity (Wildman–Crippen MR) is 52.4 cm³/mol. The van der Waals surface area contributed by atoms with Crippen LogP contribution in [0.4, 0.5) is 0 Å². The zero-order chi connectivity index (χ0) is 10.2. The molecule has 3 heteroatoms. The van der Waals surface area contributed by atoms with Gasteiger partial charge in [0.2, 0.25) is 0 Å². The quantitative estimate of drug-likeness (QED) is 0.517. The first-order chi connectivity index (χ1) is 6.83. The molecule has 0 aliphatic rings. The Bertz CT molecular complexity index is 236. The van der Waals surface area contributed by atoms with Crippen molar-refractivity contribution in [3.63, 3.8) is 0 Å². The van der Waals surface area contributed by atoms with Gasteiger partial charge in [0.05, 0.1) is 6.61 Å². The molecule has 0 saturated carbocycles. The highest BCUT2D eigenvalue weighted by Gasteiger charge is 2.06. The molecule has 0 amide bonds. The third-order valence-electron chi connectivity index (χ3n) is 1.73. The SMILES string of the molecule is CCCCOC([O])Oc1ccccc1. The molecule has 77 valence electrons. The number of hydrogen-bond donors (Lipinski definition) is 0. The van der Waals surface area contributed by atoms with Crippen LogP contribution in [0.15, 0.2) is 30.3 Å². The lowest BCUT2D eigenvalue weighted by Gasteiger charge is -2.11. The van der Waals surface area contributed by atoms with Gasteiger partial charge in [0.25, 0.3) is 0 Å². The Morgan fingerprint density at radius 2 is 2.00 bits per heavy atom. The molecule has 0 aliphatic carbocycles.